The van der Waals surface area contributed by atoms with Gasteiger partial charge in [-0.25, -0.2) is 0 Å². The maximum Gasteiger partial charge on any atom is 0.237 e. The van der Waals surface area contributed by atoms with E-state index in [1.54, 1.807) is 0 Å². The third-order valence-electron chi connectivity index (χ3n) is 5.97. The molecule has 1 unspecified atom stereocenters. The van der Waals surface area contributed by atoms with Crippen molar-refractivity contribution in [2.24, 2.45) is 0 Å². The predicted octanol–water partition coefficient (Wildman–Crippen LogP) is 3.46. The topological polar surface area (TPSA) is 48.5 Å². The van der Waals surface area contributed by atoms with E-state index >= 15 is 0 Å². The second-order valence-electron chi connectivity index (χ2n) is 7.68. The maximum atomic E-state index is 12.6. The molecule has 5 nitrogen and oxygen atoms in total. The number of piperazine rings is 1. The molecule has 2 heterocycles. The third kappa shape index (κ3) is 4.04. The first-order chi connectivity index (χ1) is 13.1. The number of nitrogens with zero attached hydrogens (tertiary/aromatic N) is 3. The molecule has 2 aliphatic rings. The molecule has 27 heavy (non-hydrogen) atoms. The fraction of sp³-hybridized carbons (Fsp3) is 0.524. The van der Waals surface area contributed by atoms with Crippen molar-refractivity contribution in [3.63, 3.8) is 0 Å². The normalized spacial score (nSPS) is 20.1. The lowest BCUT2D eigenvalue weighted by molar-refractivity contribution is -0.126. The second kappa shape index (κ2) is 8.03. The fourth-order valence-corrected chi connectivity index (χ4v) is 4.46. The van der Waals surface area contributed by atoms with Gasteiger partial charge < -0.3 is 10.2 Å². The zero-order valence-corrected chi connectivity index (χ0v) is 16.6. The Morgan fingerprint density at radius 1 is 1.19 bits per heavy atom. The minimum atomic E-state index is -0.0688. The summed E-state index contributed by atoms with van der Waals surface area (Å²) < 4.78 is 0. The Hall–Kier alpha value is -1.85. The summed E-state index contributed by atoms with van der Waals surface area (Å²) in [5.41, 5.74) is 2.12. The Morgan fingerprint density at radius 3 is 2.67 bits per heavy atom. The molecule has 1 N–H and O–H groups in total. The van der Waals surface area contributed by atoms with Crippen LogP contribution in [0.5, 0.6) is 0 Å². The van der Waals surface area contributed by atoms with Crippen LogP contribution in [0.15, 0.2) is 30.5 Å². The van der Waals surface area contributed by atoms with Gasteiger partial charge in [-0.2, -0.15) is 0 Å². The molecule has 1 aliphatic carbocycles. The largest absolute Gasteiger partial charge is 0.368 e. The number of halogens is 1. The zero-order chi connectivity index (χ0) is 18.8. The van der Waals surface area contributed by atoms with E-state index in [0.29, 0.717) is 11.1 Å². The van der Waals surface area contributed by atoms with Crippen LogP contribution < -0.4 is 10.2 Å². The van der Waals surface area contributed by atoms with Crippen LogP contribution in [0, 0.1) is 0 Å². The van der Waals surface area contributed by atoms with Gasteiger partial charge in [-0.1, -0.05) is 24.4 Å². The molecule has 4 rings (SSSR count). The molecule has 1 atom stereocenters. The van der Waals surface area contributed by atoms with Crippen LogP contribution in [0.4, 0.5) is 5.69 Å². The van der Waals surface area contributed by atoms with Crippen LogP contribution in [0.3, 0.4) is 0 Å². The first kappa shape index (κ1) is 18.5. The molecule has 1 aromatic heterocycles. The lowest BCUT2D eigenvalue weighted by atomic mass is 10.1. The number of fused-ring (bicyclic) bond motifs is 1. The Labute approximate surface area is 165 Å². The smallest absolute Gasteiger partial charge is 0.237 e. The molecule has 1 amide bonds. The monoisotopic (exact) mass is 386 g/mol. The number of nitrogens with one attached hydrogen (secondary N) is 1. The Kier molecular flexibility index (Phi) is 5.50. The van der Waals surface area contributed by atoms with Crippen LogP contribution in [0.1, 0.15) is 32.6 Å². The lowest BCUT2D eigenvalue weighted by Gasteiger charge is -2.39. The zero-order valence-electron chi connectivity index (χ0n) is 15.8. The van der Waals surface area contributed by atoms with Gasteiger partial charge in [0.1, 0.15) is 0 Å². The van der Waals surface area contributed by atoms with Crippen molar-refractivity contribution in [1.82, 2.24) is 15.2 Å². The van der Waals surface area contributed by atoms with Crippen molar-refractivity contribution in [3.05, 3.63) is 35.5 Å². The molecule has 1 saturated carbocycles. The Bertz CT molecular complexity index is 813. The van der Waals surface area contributed by atoms with Crippen LogP contribution in [0.25, 0.3) is 10.9 Å². The van der Waals surface area contributed by atoms with Gasteiger partial charge in [0.05, 0.1) is 11.6 Å². The number of amides is 1. The van der Waals surface area contributed by atoms with Crippen molar-refractivity contribution in [2.45, 2.75) is 44.7 Å². The number of hydrogen-bond acceptors (Lipinski definition) is 4. The number of rotatable bonds is 4. The summed E-state index contributed by atoms with van der Waals surface area (Å²) in [6.07, 6.45) is 6.58. The van der Waals surface area contributed by atoms with Gasteiger partial charge in [0.2, 0.25) is 5.91 Å². The third-order valence-corrected chi connectivity index (χ3v) is 6.20. The molecule has 1 aliphatic heterocycles. The highest BCUT2D eigenvalue weighted by atomic mass is 35.5. The molecule has 6 heteroatoms. The molecular weight excluding hydrogens is 360 g/mol. The Balaban J connectivity index is 1.39. The minimum Gasteiger partial charge on any atom is -0.368 e. The van der Waals surface area contributed by atoms with Gasteiger partial charge in [-0.15, -0.1) is 0 Å². The van der Waals surface area contributed by atoms with Gasteiger partial charge in [0.25, 0.3) is 0 Å². The van der Waals surface area contributed by atoms with Crippen LogP contribution in [0.2, 0.25) is 5.02 Å². The number of carbonyl (C=O) groups is 1. The van der Waals surface area contributed by atoms with Crippen molar-refractivity contribution in [1.29, 1.82) is 0 Å². The highest BCUT2D eigenvalue weighted by Crippen LogP contribution is 2.28. The van der Waals surface area contributed by atoms with Gasteiger partial charge in [-0.05, 0) is 44.0 Å². The lowest BCUT2D eigenvalue weighted by Crippen LogP contribution is -2.54. The highest BCUT2D eigenvalue weighted by Gasteiger charge is 2.28. The summed E-state index contributed by atoms with van der Waals surface area (Å²) in [6.45, 7) is 5.61. The second-order valence-corrected chi connectivity index (χ2v) is 8.12. The standard InChI is InChI=1S/C21H27ClN4O/c1-15(21(27)24-17-4-2-3-5-17)25-10-12-26(13-11-25)20-8-9-23-19-14-16(22)6-7-18(19)20/h6-9,14-15,17H,2-5,10-13H2,1H3,(H,24,27). The van der Waals surface area contributed by atoms with E-state index in [1.165, 1.54) is 18.5 Å². The van der Waals surface area contributed by atoms with Crippen molar-refractivity contribution < 1.29 is 4.79 Å². The van der Waals surface area contributed by atoms with Crippen LogP contribution in [-0.4, -0.2) is 54.1 Å². The van der Waals surface area contributed by atoms with E-state index in [2.05, 4.69) is 26.2 Å². The molecule has 0 bridgehead atoms. The molecule has 0 spiro atoms. The summed E-state index contributed by atoms with van der Waals surface area (Å²) in [5, 5.41) is 5.07. The number of benzene rings is 1. The van der Waals surface area contributed by atoms with Crippen molar-refractivity contribution in [2.75, 3.05) is 31.1 Å². The quantitative estimate of drug-likeness (QED) is 0.874. The van der Waals surface area contributed by atoms with E-state index in [1.807, 2.05) is 31.3 Å². The SMILES string of the molecule is CC(C(=O)NC1CCCC1)N1CCN(c2ccnc3cc(Cl)ccc23)CC1. The average molecular weight is 387 g/mol. The van der Waals surface area contributed by atoms with Gasteiger partial charge >= 0.3 is 0 Å². The van der Waals surface area contributed by atoms with Gasteiger partial charge in [-0.3, -0.25) is 14.7 Å². The number of carbonyl (C=O) groups excluding carboxylic acids is 1. The molecule has 2 fully saturated rings. The molecule has 1 aromatic carbocycles. The molecule has 2 aromatic rings. The average Bonchev–Trinajstić information content (AvgIpc) is 3.20. The number of pyridine rings is 1. The van der Waals surface area contributed by atoms with Crippen LogP contribution in [-0.2, 0) is 4.79 Å². The van der Waals surface area contributed by atoms with E-state index < -0.39 is 0 Å². The van der Waals surface area contributed by atoms with E-state index in [0.717, 1.165) is 49.9 Å². The first-order valence-electron chi connectivity index (χ1n) is 9.95. The molecule has 144 valence electrons. The first-order valence-corrected chi connectivity index (χ1v) is 10.3. The van der Waals surface area contributed by atoms with Gasteiger partial charge in [0.15, 0.2) is 0 Å². The maximum absolute atomic E-state index is 12.6. The molecule has 0 radical (unpaired) electrons. The van der Waals surface area contributed by atoms with E-state index in [9.17, 15) is 4.79 Å². The summed E-state index contributed by atoms with van der Waals surface area (Å²) in [6, 6.07) is 8.26. The molecular formula is C21H27ClN4O. The predicted molar refractivity (Wildman–Crippen MR) is 110 cm³/mol. The Morgan fingerprint density at radius 2 is 1.93 bits per heavy atom. The summed E-state index contributed by atoms with van der Waals surface area (Å²) >= 11 is 6.10. The number of aromatic nitrogens is 1. The minimum absolute atomic E-state index is 0.0688. The summed E-state index contributed by atoms with van der Waals surface area (Å²) in [4.78, 5) is 21.7. The summed E-state index contributed by atoms with van der Waals surface area (Å²) in [5.74, 6) is 0.180. The fourth-order valence-electron chi connectivity index (χ4n) is 4.29. The van der Waals surface area contributed by atoms with Crippen molar-refractivity contribution >= 4 is 34.1 Å². The van der Waals surface area contributed by atoms with E-state index in [-0.39, 0.29) is 11.9 Å². The molecule has 1 saturated heterocycles. The number of anilines is 1. The van der Waals surface area contributed by atoms with E-state index in [4.69, 9.17) is 11.6 Å². The van der Waals surface area contributed by atoms with Gasteiger partial charge in [0, 0.05) is 54.5 Å². The summed E-state index contributed by atoms with van der Waals surface area (Å²) in [7, 11) is 0. The van der Waals surface area contributed by atoms with Crippen molar-refractivity contribution in [3.8, 4) is 0 Å². The highest BCUT2D eigenvalue weighted by molar-refractivity contribution is 6.31. The number of hydrogen-bond donors (Lipinski definition) is 1. The van der Waals surface area contributed by atoms with Crippen LogP contribution >= 0.6 is 11.6 Å².